The van der Waals surface area contributed by atoms with Gasteiger partial charge in [0.25, 0.3) is 0 Å². The van der Waals surface area contributed by atoms with Gasteiger partial charge in [-0.2, -0.15) is 0 Å². The van der Waals surface area contributed by atoms with Gasteiger partial charge in [-0.3, -0.25) is 0 Å². The molecule has 0 aliphatic carbocycles. The van der Waals surface area contributed by atoms with E-state index in [2.05, 4.69) is 94.8 Å². The number of nitrogens with two attached hydrogens (primary N) is 1. The lowest BCUT2D eigenvalue weighted by atomic mass is 9.96. The number of hydrogen-bond donors (Lipinski definition) is 1. The minimum Gasteiger partial charge on any atom is -0.324 e. The molecule has 0 amide bonds. The van der Waals surface area contributed by atoms with E-state index in [-0.39, 0.29) is 6.04 Å². The van der Waals surface area contributed by atoms with Gasteiger partial charge in [-0.05, 0) is 69.8 Å². The van der Waals surface area contributed by atoms with Crippen molar-refractivity contribution in [3.8, 4) is 0 Å². The van der Waals surface area contributed by atoms with Gasteiger partial charge in [0, 0.05) is 14.1 Å². The second-order valence-electron chi connectivity index (χ2n) is 5.37. The molecule has 0 bridgehead atoms. The van der Waals surface area contributed by atoms with Gasteiger partial charge in [-0.25, -0.2) is 0 Å². The molecule has 1 nitrogen and oxygen atoms in total. The van der Waals surface area contributed by atoms with Crippen LogP contribution in [0, 0.1) is 3.57 Å². The highest BCUT2D eigenvalue weighted by molar-refractivity contribution is 14.1. The molecule has 0 aromatic heterocycles. The molecular weight excluding hydrogens is 425 g/mol. The summed E-state index contributed by atoms with van der Waals surface area (Å²) < 4.78 is 2.30. The summed E-state index contributed by atoms with van der Waals surface area (Å²) in [5.41, 5.74) is 10.2. The molecular formula is C17H19BrIN. The Morgan fingerprint density at radius 2 is 1.75 bits per heavy atom. The van der Waals surface area contributed by atoms with Crippen molar-refractivity contribution in [3.63, 3.8) is 0 Å². The molecule has 0 saturated carbocycles. The van der Waals surface area contributed by atoms with Gasteiger partial charge in [-0.15, -0.1) is 0 Å². The highest BCUT2D eigenvalue weighted by atomic mass is 127. The van der Waals surface area contributed by atoms with Crippen LogP contribution in [-0.2, 0) is 6.42 Å². The fraction of sp³-hybridized carbons (Fsp3) is 0.294. The van der Waals surface area contributed by atoms with Crippen molar-refractivity contribution in [1.82, 2.24) is 0 Å². The minimum atomic E-state index is 0.0176. The summed E-state index contributed by atoms with van der Waals surface area (Å²) in [6, 6.07) is 15.1. The summed E-state index contributed by atoms with van der Waals surface area (Å²) in [5.74, 6) is 0.572. The van der Waals surface area contributed by atoms with E-state index in [1.807, 2.05) is 0 Å². The van der Waals surface area contributed by atoms with Crippen LogP contribution < -0.4 is 5.73 Å². The molecule has 0 radical (unpaired) electrons. The number of benzene rings is 2. The van der Waals surface area contributed by atoms with Crippen LogP contribution in [0.1, 0.15) is 42.5 Å². The molecule has 2 aromatic carbocycles. The molecule has 2 aromatic rings. The Labute approximate surface area is 143 Å². The Kier molecular flexibility index (Phi) is 5.64. The smallest absolute Gasteiger partial charge is 0.0347 e. The van der Waals surface area contributed by atoms with E-state index in [4.69, 9.17) is 5.73 Å². The fourth-order valence-electron chi connectivity index (χ4n) is 2.20. The maximum Gasteiger partial charge on any atom is 0.0347 e. The first-order chi connectivity index (χ1) is 9.47. The van der Waals surface area contributed by atoms with Crippen LogP contribution in [0.2, 0.25) is 0 Å². The van der Waals surface area contributed by atoms with Gasteiger partial charge in [0.2, 0.25) is 0 Å². The normalized spacial score (nSPS) is 12.7. The van der Waals surface area contributed by atoms with Gasteiger partial charge in [-0.1, -0.05) is 54.0 Å². The molecule has 2 rings (SSSR count). The van der Waals surface area contributed by atoms with Crippen molar-refractivity contribution in [2.45, 2.75) is 32.2 Å². The standard InChI is InChI=1S/C17H19BrIN/c1-11(2)13-5-3-12(4-6-13)9-17(20)15-10-14(19)7-8-16(15)18/h3-8,10-11,17H,9,20H2,1-2H3. The zero-order valence-corrected chi connectivity index (χ0v) is 15.5. The average molecular weight is 444 g/mol. The zero-order valence-electron chi connectivity index (χ0n) is 11.7. The molecule has 0 aliphatic rings. The second-order valence-corrected chi connectivity index (χ2v) is 7.47. The largest absolute Gasteiger partial charge is 0.324 e. The molecule has 106 valence electrons. The van der Waals surface area contributed by atoms with Crippen molar-refractivity contribution < 1.29 is 0 Å². The van der Waals surface area contributed by atoms with Crippen LogP contribution in [0.4, 0.5) is 0 Å². The summed E-state index contributed by atoms with van der Waals surface area (Å²) >= 11 is 5.91. The minimum absolute atomic E-state index is 0.0176. The number of hydrogen-bond acceptors (Lipinski definition) is 1. The third-order valence-corrected chi connectivity index (χ3v) is 4.85. The van der Waals surface area contributed by atoms with E-state index >= 15 is 0 Å². The van der Waals surface area contributed by atoms with Crippen LogP contribution in [0.25, 0.3) is 0 Å². The summed E-state index contributed by atoms with van der Waals surface area (Å²) in [7, 11) is 0. The SMILES string of the molecule is CC(C)c1ccc(CC(N)c2cc(I)ccc2Br)cc1. The third-order valence-electron chi connectivity index (χ3n) is 3.46. The van der Waals surface area contributed by atoms with Crippen molar-refractivity contribution in [2.24, 2.45) is 5.73 Å². The van der Waals surface area contributed by atoms with E-state index in [0.29, 0.717) is 5.92 Å². The van der Waals surface area contributed by atoms with Gasteiger partial charge in [0.15, 0.2) is 0 Å². The lowest BCUT2D eigenvalue weighted by Crippen LogP contribution is -2.14. The first kappa shape index (κ1) is 16.0. The van der Waals surface area contributed by atoms with Crippen molar-refractivity contribution in [1.29, 1.82) is 0 Å². The molecule has 0 heterocycles. The summed E-state index contributed by atoms with van der Waals surface area (Å²) in [5, 5.41) is 0. The van der Waals surface area contributed by atoms with Gasteiger partial charge in [0.05, 0.1) is 0 Å². The van der Waals surface area contributed by atoms with Crippen LogP contribution in [0.15, 0.2) is 46.9 Å². The van der Waals surface area contributed by atoms with Gasteiger partial charge in [0.1, 0.15) is 0 Å². The van der Waals surface area contributed by atoms with Gasteiger partial charge < -0.3 is 5.73 Å². The summed E-state index contributed by atoms with van der Waals surface area (Å²) in [6.45, 7) is 4.42. The Bertz CT molecular complexity index is 578. The molecule has 1 unspecified atom stereocenters. The first-order valence-electron chi connectivity index (χ1n) is 6.76. The molecule has 2 N–H and O–H groups in total. The lowest BCUT2D eigenvalue weighted by molar-refractivity contribution is 0.717. The highest BCUT2D eigenvalue weighted by Crippen LogP contribution is 2.27. The number of halogens is 2. The van der Waals surface area contributed by atoms with Crippen molar-refractivity contribution in [2.75, 3.05) is 0 Å². The summed E-state index contributed by atoms with van der Waals surface area (Å²) in [6.07, 6.45) is 0.858. The molecule has 0 aliphatic heterocycles. The quantitative estimate of drug-likeness (QED) is 0.627. The first-order valence-corrected chi connectivity index (χ1v) is 8.64. The van der Waals surface area contributed by atoms with Crippen LogP contribution in [-0.4, -0.2) is 0 Å². The number of rotatable bonds is 4. The van der Waals surface area contributed by atoms with E-state index in [9.17, 15) is 0 Å². The summed E-state index contributed by atoms with van der Waals surface area (Å²) in [4.78, 5) is 0. The predicted octanol–water partition coefficient (Wildman–Crippen LogP) is 5.42. The third kappa shape index (κ3) is 4.06. The van der Waals surface area contributed by atoms with Crippen molar-refractivity contribution >= 4 is 38.5 Å². The van der Waals surface area contributed by atoms with Crippen LogP contribution in [0.5, 0.6) is 0 Å². The van der Waals surface area contributed by atoms with E-state index < -0.39 is 0 Å². The monoisotopic (exact) mass is 443 g/mol. The molecule has 20 heavy (non-hydrogen) atoms. The van der Waals surface area contributed by atoms with E-state index in [1.54, 1.807) is 0 Å². The van der Waals surface area contributed by atoms with Crippen LogP contribution in [0.3, 0.4) is 0 Å². The molecule has 0 fully saturated rings. The zero-order chi connectivity index (χ0) is 14.7. The Balaban J connectivity index is 2.14. The van der Waals surface area contributed by atoms with Gasteiger partial charge >= 0.3 is 0 Å². The average Bonchev–Trinajstić information content (AvgIpc) is 2.42. The predicted molar refractivity (Wildman–Crippen MR) is 98.0 cm³/mol. The van der Waals surface area contributed by atoms with E-state index in [1.165, 1.54) is 20.3 Å². The Morgan fingerprint density at radius 1 is 1.10 bits per heavy atom. The molecule has 0 spiro atoms. The maximum atomic E-state index is 6.36. The fourth-order valence-corrected chi connectivity index (χ4v) is 3.26. The Morgan fingerprint density at radius 3 is 2.35 bits per heavy atom. The molecule has 3 heteroatoms. The lowest BCUT2D eigenvalue weighted by Gasteiger charge is -2.15. The topological polar surface area (TPSA) is 26.0 Å². The van der Waals surface area contributed by atoms with Crippen molar-refractivity contribution in [3.05, 3.63) is 67.2 Å². The second kappa shape index (κ2) is 7.05. The van der Waals surface area contributed by atoms with Crippen LogP contribution >= 0.6 is 38.5 Å². The molecule has 0 saturated heterocycles. The highest BCUT2D eigenvalue weighted by Gasteiger charge is 2.11. The maximum absolute atomic E-state index is 6.36. The molecule has 1 atom stereocenters. The van der Waals surface area contributed by atoms with E-state index in [0.717, 1.165) is 10.9 Å². The Hall–Kier alpha value is -0.390.